The van der Waals surface area contributed by atoms with Gasteiger partial charge < -0.3 is 9.67 Å². The van der Waals surface area contributed by atoms with Crippen LogP contribution in [-0.2, 0) is 4.79 Å². The minimum absolute atomic E-state index is 0.0381. The third kappa shape index (κ3) is 3.45. The van der Waals surface area contributed by atoms with Crippen LogP contribution in [-0.4, -0.2) is 42.6 Å². The maximum absolute atomic E-state index is 10.7. The van der Waals surface area contributed by atoms with Gasteiger partial charge in [-0.2, -0.15) is 11.8 Å². The third-order valence-corrected chi connectivity index (χ3v) is 5.53. The second-order valence-electron chi connectivity index (χ2n) is 4.57. The van der Waals surface area contributed by atoms with Crippen LogP contribution in [0, 0.1) is 6.92 Å². The van der Waals surface area contributed by atoms with Gasteiger partial charge in [0, 0.05) is 11.3 Å². The molecule has 0 amide bonds. The van der Waals surface area contributed by atoms with Crippen LogP contribution < -0.4 is 0 Å². The SMILES string of the molecule is CCSC1CCCC1n1c(C)nnc1SCC(=O)O. The molecule has 0 spiro atoms. The van der Waals surface area contributed by atoms with E-state index >= 15 is 0 Å². The zero-order chi connectivity index (χ0) is 13.8. The highest BCUT2D eigenvalue weighted by Gasteiger charge is 2.31. The Balaban J connectivity index is 2.17. The van der Waals surface area contributed by atoms with E-state index in [0.29, 0.717) is 11.3 Å². The van der Waals surface area contributed by atoms with E-state index in [2.05, 4.69) is 21.7 Å². The molecule has 0 radical (unpaired) electrons. The molecule has 0 saturated heterocycles. The monoisotopic (exact) mass is 301 g/mol. The number of hydrogen-bond acceptors (Lipinski definition) is 5. The van der Waals surface area contributed by atoms with E-state index in [-0.39, 0.29) is 5.75 Å². The van der Waals surface area contributed by atoms with Gasteiger partial charge in [-0.15, -0.1) is 10.2 Å². The quantitative estimate of drug-likeness (QED) is 0.815. The van der Waals surface area contributed by atoms with Crippen molar-refractivity contribution >= 4 is 29.5 Å². The summed E-state index contributed by atoms with van der Waals surface area (Å²) in [7, 11) is 0. The van der Waals surface area contributed by atoms with Crippen molar-refractivity contribution < 1.29 is 9.90 Å². The lowest BCUT2D eigenvalue weighted by Crippen LogP contribution is -2.18. The molecule has 1 N–H and O–H groups in total. The first-order valence-corrected chi connectivity index (χ1v) is 8.54. The second-order valence-corrected chi connectivity index (χ2v) is 7.03. The Bertz CT molecular complexity index is 450. The van der Waals surface area contributed by atoms with Crippen LogP contribution in [0.15, 0.2) is 5.16 Å². The summed E-state index contributed by atoms with van der Waals surface area (Å²) in [6, 6.07) is 0.413. The Hall–Kier alpha value is -0.690. The fraction of sp³-hybridized carbons (Fsp3) is 0.750. The first-order chi connectivity index (χ1) is 9.13. The van der Waals surface area contributed by atoms with Crippen molar-refractivity contribution in [3.05, 3.63) is 5.82 Å². The topological polar surface area (TPSA) is 68.0 Å². The van der Waals surface area contributed by atoms with Gasteiger partial charge in [0.2, 0.25) is 0 Å². The molecule has 1 saturated carbocycles. The van der Waals surface area contributed by atoms with Crippen molar-refractivity contribution in [2.75, 3.05) is 11.5 Å². The molecule has 1 heterocycles. The Labute approximate surface area is 121 Å². The highest BCUT2D eigenvalue weighted by molar-refractivity contribution is 8.00. The molecule has 1 aromatic rings. The number of aryl methyl sites for hydroxylation is 1. The van der Waals surface area contributed by atoms with E-state index in [9.17, 15) is 4.79 Å². The molecule has 5 nitrogen and oxygen atoms in total. The number of carbonyl (C=O) groups is 1. The molecule has 1 aliphatic carbocycles. The van der Waals surface area contributed by atoms with Crippen molar-refractivity contribution in [3.63, 3.8) is 0 Å². The summed E-state index contributed by atoms with van der Waals surface area (Å²) in [6.07, 6.45) is 3.59. The predicted octanol–water partition coefficient (Wildman–Crippen LogP) is 2.61. The lowest BCUT2D eigenvalue weighted by molar-refractivity contribution is -0.133. The Kier molecular flexibility index (Phi) is 5.15. The van der Waals surface area contributed by atoms with Gasteiger partial charge in [0.15, 0.2) is 5.16 Å². The number of nitrogens with zero attached hydrogens (tertiary/aromatic N) is 3. The number of carboxylic acids is 1. The van der Waals surface area contributed by atoms with E-state index in [1.807, 2.05) is 18.7 Å². The highest BCUT2D eigenvalue weighted by Crippen LogP contribution is 2.40. The van der Waals surface area contributed by atoms with Gasteiger partial charge in [0.25, 0.3) is 0 Å². The molecule has 106 valence electrons. The minimum Gasteiger partial charge on any atom is -0.481 e. The van der Waals surface area contributed by atoms with Gasteiger partial charge in [0.05, 0.1) is 5.75 Å². The summed E-state index contributed by atoms with van der Waals surface area (Å²) < 4.78 is 2.15. The van der Waals surface area contributed by atoms with Gasteiger partial charge >= 0.3 is 5.97 Å². The van der Waals surface area contributed by atoms with E-state index in [1.165, 1.54) is 24.6 Å². The van der Waals surface area contributed by atoms with Crippen molar-refractivity contribution in [1.29, 1.82) is 0 Å². The summed E-state index contributed by atoms with van der Waals surface area (Å²) in [5.74, 6) is 1.22. The van der Waals surface area contributed by atoms with Gasteiger partial charge in [-0.25, -0.2) is 0 Å². The zero-order valence-electron chi connectivity index (χ0n) is 11.2. The second kappa shape index (κ2) is 6.65. The largest absolute Gasteiger partial charge is 0.481 e. The van der Waals surface area contributed by atoms with E-state index in [1.54, 1.807) is 0 Å². The Morgan fingerprint density at radius 3 is 2.95 bits per heavy atom. The predicted molar refractivity (Wildman–Crippen MR) is 77.9 cm³/mol. The van der Waals surface area contributed by atoms with Gasteiger partial charge in [-0.05, 0) is 25.5 Å². The number of rotatable bonds is 6. The fourth-order valence-corrected chi connectivity index (χ4v) is 4.57. The molecule has 19 heavy (non-hydrogen) atoms. The third-order valence-electron chi connectivity index (χ3n) is 3.29. The van der Waals surface area contributed by atoms with E-state index < -0.39 is 5.97 Å². The summed E-state index contributed by atoms with van der Waals surface area (Å²) in [5.41, 5.74) is 0. The summed E-state index contributed by atoms with van der Waals surface area (Å²) in [4.78, 5) is 10.7. The van der Waals surface area contributed by atoms with Crippen LogP contribution in [0.1, 0.15) is 38.1 Å². The normalized spacial score (nSPS) is 22.8. The van der Waals surface area contributed by atoms with Crippen LogP contribution in [0.25, 0.3) is 0 Å². The van der Waals surface area contributed by atoms with Crippen LogP contribution in [0.4, 0.5) is 0 Å². The van der Waals surface area contributed by atoms with Crippen molar-refractivity contribution in [3.8, 4) is 0 Å². The van der Waals surface area contributed by atoms with Crippen LogP contribution in [0.3, 0.4) is 0 Å². The summed E-state index contributed by atoms with van der Waals surface area (Å²) >= 11 is 3.25. The lowest BCUT2D eigenvalue weighted by atomic mass is 10.2. The van der Waals surface area contributed by atoms with Crippen LogP contribution in [0.5, 0.6) is 0 Å². The van der Waals surface area contributed by atoms with Gasteiger partial charge in [-0.3, -0.25) is 4.79 Å². The summed E-state index contributed by atoms with van der Waals surface area (Å²) in [6.45, 7) is 4.13. The molecule has 1 aromatic heterocycles. The van der Waals surface area contributed by atoms with Crippen LogP contribution in [0.2, 0.25) is 0 Å². The maximum Gasteiger partial charge on any atom is 0.313 e. The Morgan fingerprint density at radius 2 is 2.26 bits per heavy atom. The first-order valence-electron chi connectivity index (χ1n) is 6.51. The molecule has 0 bridgehead atoms. The molecule has 0 aromatic carbocycles. The van der Waals surface area contributed by atoms with E-state index in [0.717, 1.165) is 23.2 Å². The number of thioether (sulfide) groups is 2. The highest BCUT2D eigenvalue weighted by atomic mass is 32.2. The smallest absolute Gasteiger partial charge is 0.313 e. The van der Waals surface area contributed by atoms with Crippen molar-refractivity contribution in [2.24, 2.45) is 0 Å². The van der Waals surface area contributed by atoms with Crippen molar-refractivity contribution in [1.82, 2.24) is 14.8 Å². The maximum atomic E-state index is 10.7. The molecule has 2 atom stereocenters. The molecule has 2 unspecified atom stereocenters. The van der Waals surface area contributed by atoms with E-state index in [4.69, 9.17) is 5.11 Å². The molecular formula is C12H19N3O2S2. The van der Waals surface area contributed by atoms with Gasteiger partial charge in [-0.1, -0.05) is 25.1 Å². The van der Waals surface area contributed by atoms with Gasteiger partial charge in [0.1, 0.15) is 5.82 Å². The first kappa shape index (κ1) is 14.7. The molecule has 0 aliphatic heterocycles. The molecular weight excluding hydrogens is 282 g/mol. The molecule has 7 heteroatoms. The standard InChI is InChI=1S/C12H19N3O2S2/c1-3-18-10-6-4-5-9(10)15-8(2)13-14-12(15)19-7-11(16)17/h9-10H,3-7H2,1-2H3,(H,16,17). The fourth-order valence-electron chi connectivity index (χ4n) is 2.57. The molecule has 1 aliphatic rings. The lowest BCUT2D eigenvalue weighted by Gasteiger charge is -2.22. The van der Waals surface area contributed by atoms with Crippen molar-refractivity contribution in [2.45, 2.75) is 49.6 Å². The number of hydrogen-bond donors (Lipinski definition) is 1. The Morgan fingerprint density at radius 1 is 1.47 bits per heavy atom. The minimum atomic E-state index is -0.817. The average Bonchev–Trinajstić information content (AvgIpc) is 2.94. The molecule has 2 rings (SSSR count). The number of aromatic nitrogens is 3. The average molecular weight is 301 g/mol. The molecule has 1 fully saturated rings. The summed E-state index contributed by atoms with van der Waals surface area (Å²) in [5, 5.41) is 18.4. The van der Waals surface area contributed by atoms with Crippen LogP contribution >= 0.6 is 23.5 Å². The number of carboxylic acid groups (broad SMARTS) is 1. The number of aliphatic carboxylic acids is 1. The zero-order valence-corrected chi connectivity index (χ0v) is 12.8.